The molecule has 0 fully saturated rings. The SMILES string of the molecule is COC(=O)c1c(C(C)(C)C)oc2cc(C)c(NS(=O)(=O)c3ccc4c5c(cccc35)C(=O)N4)cc12. The number of hydrogen-bond acceptors (Lipinski definition) is 6. The fraction of sp³-hybridized carbons (Fsp3) is 0.231. The zero-order chi connectivity index (χ0) is 25.3. The van der Waals surface area contributed by atoms with E-state index in [1.54, 1.807) is 43.3 Å². The van der Waals surface area contributed by atoms with E-state index in [1.807, 2.05) is 20.8 Å². The van der Waals surface area contributed by atoms with Gasteiger partial charge < -0.3 is 14.5 Å². The minimum absolute atomic E-state index is 0.0462. The number of anilines is 2. The Labute approximate surface area is 202 Å². The predicted octanol–water partition coefficient (Wildman–Crippen LogP) is 5.35. The average molecular weight is 493 g/mol. The van der Waals surface area contributed by atoms with E-state index in [9.17, 15) is 18.0 Å². The van der Waals surface area contributed by atoms with Crippen molar-refractivity contribution in [3.63, 3.8) is 0 Å². The molecule has 35 heavy (non-hydrogen) atoms. The maximum absolute atomic E-state index is 13.5. The van der Waals surface area contributed by atoms with Crippen molar-refractivity contribution in [3.8, 4) is 0 Å². The quantitative estimate of drug-likeness (QED) is 0.372. The summed E-state index contributed by atoms with van der Waals surface area (Å²) in [5.74, 6) is -0.362. The van der Waals surface area contributed by atoms with E-state index < -0.39 is 21.4 Å². The smallest absolute Gasteiger partial charge is 0.342 e. The minimum Gasteiger partial charge on any atom is -0.465 e. The van der Waals surface area contributed by atoms with Crippen LogP contribution in [0, 0.1) is 6.92 Å². The van der Waals surface area contributed by atoms with Crippen molar-refractivity contribution in [2.75, 3.05) is 17.1 Å². The summed E-state index contributed by atoms with van der Waals surface area (Å²) in [5, 5.41) is 4.23. The number of carbonyl (C=O) groups is 2. The standard InChI is InChI=1S/C26H24N2O6S/c1-13-11-19-16(22(25(30)33-5)23(34-19)26(2,3)4)12-18(13)28-35(31,32)20-10-9-17-21-14(20)7-6-8-15(21)24(29)27-17/h6-12,28H,1-5H3,(H,27,29). The zero-order valence-electron chi connectivity index (χ0n) is 19.9. The Kier molecular flexibility index (Phi) is 4.96. The van der Waals surface area contributed by atoms with Crippen molar-refractivity contribution in [2.45, 2.75) is 38.0 Å². The molecule has 1 aliphatic heterocycles. The van der Waals surface area contributed by atoms with Crippen molar-refractivity contribution in [1.82, 2.24) is 0 Å². The van der Waals surface area contributed by atoms with E-state index in [0.29, 0.717) is 50.0 Å². The third-order valence-corrected chi connectivity index (χ3v) is 7.56. The van der Waals surface area contributed by atoms with Crippen LogP contribution in [0.15, 0.2) is 51.8 Å². The number of amides is 1. The molecule has 1 aromatic heterocycles. The lowest BCUT2D eigenvalue weighted by atomic mass is 9.89. The van der Waals surface area contributed by atoms with E-state index in [-0.39, 0.29) is 16.4 Å². The molecule has 0 spiro atoms. The van der Waals surface area contributed by atoms with Crippen molar-refractivity contribution < 1.29 is 27.2 Å². The van der Waals surface area contributed by atoms with E-state index in [2.05, 4.69) is 10.0 Å². The zero-order valence-corrected chi connectivity index (χ0v) is 20.7. The van der Waals surface area contributed by atoms with Crippen LogP contribution >= 0.6 is 0 Å². The number of aryl methyl sites for hydroxylation is 1. The molecule has 0 saturated heterocycles. The first-order valence-corrected chi connectivity index (χ1v) is 12.5. The van der Waals surface area contributed by atoms with Gasteiger partial charge in [-0.15, -0.1) is 0 Å². The summed E-state index contributed by atoms with van der Waals surface area (Å²) < 4.78 is 40.7. The highest BCUT2D eigenvalue weighted by Gasteiger charge is 2.31. The maximum atomic E-state index is 13.5. The van der Waals surface area contributed by atoms with Crippen LogP contribution in [0.25, 0.3) is 21.7 Å². The summed E-state index contributed by atoms with van der Waals surface area (Å²) in [7, 11) is -2.76. The van der Waals surface area contributed by atoms with Crippen LogP contribution in [0.5, 0.6) is 0 Å². The second-order valence-electron chi connectivity index (χ2n) is 9.61. The molecule has 0 unspecified atom stereocenters. The molecule has 9 heteroatoms. The average Bonchev–Trinajstić information content (AvgIpc) is 3.32. The highest BCUT2D eigenvalue weighted by atomic mass is 32.2. The second-order valence-corrected chi connectivity index (χ2v) is 11.3. The van der Waals surface area contributed by atoms with Crippen LogP contribution in [-0.4, -0.2) is 27.4 Å². The third-order valence-electron chi connectivity index (χ3n) is 6.13. The monoisotopic (exact) mass is 492 g/mol. The van der Waals surface area contributed by atoms with Crippen LogP contribution in [0.1, 0.15) is 52.8 Å². The van der Waals surface area contributed by atoms with Gasteiger partial charge >= 0.3 is 5.97 Å². The molecule has 0 radical (unpaired) electrons. The highest BCUT2D eigenvalue weighted by molar-refractivity contribution is 7.93. The summed E-state index contributed by atoms with van der Waals surface area (Å²) in [6, 6.07) is 11.3. The van der Waals surface area contributed by atoms with Gasteiger partial charge in [-0.3, -0.25) is 9.52 Å². The molecule has 0 bridgehead atoms. The van der Waals surface area contributed by atoms with Gasteiger partial charge in [0.1, 0.15) is 16.9 Å². The van der Waals surface area contributed by atoms with E-state index in [4.69, 9.17) is 9.15 Å². The largest absolute Gasteiger partial charge is 0.465 e. The lowest BCUT2D eigenvalue weighted by Crippen LogP contribution is -2.16. The van der Waals surface area contributed by atoms with Crippen molar-refractivity contribution in [3.05, 3.63) is 64.9 Å². The molecular weight excluding hydrogens is 468 g/mol. The molecule has 0 aliphatic carbocycles. The Bertz CT molecular complexity index is 1680. The lowest BCUT2D eigenvalue weighted by molar-refractivity contribution is 0.0597. The number of methoxy groups -OCH3 is 1. The van der Waals surface area contributed by atoms with E-state index >= 15 is 0 Å². The summed E-state index contributed by atoms with van der Waals surface area (Å²) in [5.41, 5.74) is 2.19. The van der Waals surface area contributed by atoms with Gasteiger partial charge in [-0.25, -0.2) is 13.2 Å². The summed E-state index contributed by atoms with van der Waals surface area (Å²) in [6.07, 6.45) is 0. The molecule has 4 aromatic rings. The molecule has 5 rings (SSSR count). The predicted molar refractivity (Wildman–Crippen MR) is 134 cm³/mol. The molecule has 8 nitrogen and oxygen atoms in total. The molecule has 3 aromatic carbocycles. The number of nitrogens with one attached hydrogen (secondary N) is 2. The number of sulfonamides is 1. The van der Waals surface area contributed by atoms with Crippen LogP contribution in [0.4, 0.5) is 11.4 Å². The van der Waals surface area contributed by atoms with Crippen LogP contribution in [0.3, 0.4) is 0 Å². The molecule has 2 N–H and O–H groups in total. The van der Waals surface area contributed by atoms with Gasteiger partial charge in [-0.05, 0) is 42.8 Å². The molecule has 180 valence electrons. The van der Waals surface area contributed by atoms with Gasteiger partial charge in [0.25, 0.3) is 15.9 Å². The van der Waals surface area contributed by atoms with Gasteiger partial charge in [0.15, 0.2) is 0 Å². The van der Waals surface area contributed by atoms with Crippen molar-refractivity contribution >= 4 is 55.0 Å². The Morgan fingerprint density at radius 2 is 1.83 bits per heavy atom. The summed E-state index contributed by atoms with van der Waals surface area (Å²) in [4.78, 5) is 24.9. The normalized spacial score (nSPS) is 13.3. The van der Waals surface area contributed by atoms with Gasteiger partial charge in [-0.1, -0.05) is 32.9 Å². The Morgan fingerprint density at radius 1 is 1.09 bits per heavy atom. The Balaban J connectivity index is 1.66. The third kappa shape index (κ3) is 3.54. The van der Waals surface area contributed by atoms with Crippen LogP contribution in [-0.2, 0) is 20.2 Å². The minimum atomic E-state index is -4.05. The highest BCUT2D eigenvalue weighted by Crippen LogP contribution is 2.39. The number of benzene rings is 3. The summed E-state index contributed by atoms with van der Waals surface area (Å²) in [6.45, 7) is 7.51. The van der Waals surface area contributed by atoms with Gasteiger partial charge in [0.2, 0.25) is 0 Å². The molecule has 1 amide bonds. The molecule has 1 aliphatic rings. The van der Waals surface area contributed by atoms with E-state index in [1.165, 1.54) is 13.2 Å². The lowest BCUT2D eigenvalue weighted by Gasteiger charge is -2.16. The van der Waals surface area contributed by atoms with Crippen LogP contribution in [0.2, 0.25) is 0 Å². The number of esters is 1. The first-order valence-electron chi connectivity index (χ1n) is 11.0. The number of fused-ring (bicyclic) bond motifs is 1. The number of ether oxygens (including phenoxy) is 1. The maximum Gasteiger partial charge on any atom is 0.342 e. The fourth-order valence-electron chi connectivity index (χ4n) is 4.48. The van der Waals surface area contributed by atoms with Crippen molar-refractivity contribution in [1.29, 1.82) is 0 Å². The number of hydrogen-bond donors (Lipinski definition) is 2. The Hall–Kier alpha value is -3.85. The van der Waals surface area contributed by atoms with Gasteiger partial charge in [-0.2, -0.15) is 0 Å². The Morgan fingerprint density at radius 3 is 2.51 bits per heavy atom. The summed E-state index contributed by atoms with van der Waals surface area (Å²) >= 11 is 0. The molecule has 0 saturated carbocycles. The molecule has 0 atom stereocenters. The number of rotatable bonds is 4. The topological polar surface area (TPSA) is 115 Å². The van der Waals surface area contributed by atoms with Crippen molar-refractivity contribution in [2.24, 2.45) is 0 Å². The number of furan rings is 1. The fourth-order valence-corrected chi connectivity index (χ4v) is 5.81. The van der Waals surface area contributed by atoms with E-state index in [0.717, 1.165) is 0 Å². The molecule has 2 heterocycles. The molecular formula is C26H24N2O6S. The first kappa shape index (κ1) is 22.9. The van der Waals surface area contributed by atoms with Crippen LogP contribution < -0.4 is 10.0 Å². The van der Waals surface area contributed by atoms with Gasteiger partial charge in [0, 0.05) is 32.8 Å². The first-order chi connectivity index (χ1) is 16.4. The second kappa shape index (κ2) is 7.58. The number of carbonyl (C=O) groups excluding carboxylic acids is 2. The van der Waals surface area contributed by atoms with Gasteiger partial charge in [0.05, 0.1) is 17.7 Å².